The van der Waals surface area contributed by atoms with E-state index in [4.69, 9.17) is 0 Å². The second kappa shape index (κ2) is 9.02. The second-order valence-corrected chi connectivity index (χ2v) is 9.93. The molecule has 0 unspecified atom stereocenters. The number of aromatic nitrogens is 6. The smallest absolute Gasteiger partial charge is 0.261 e. The molecule has 7 rings (SSSR count). The van der Waals surface area contributed by atoms with E-state index in [1.807, 2.05) is 18.2 Å². The van der Waals surface area contributed by atoms with Crippen molar-refractivity contribution in [1.82, 2.24) is 35.0 Å². The molecule has 0 aliphatic carbocycles. The quantitative estimate of drug-likeness (QED) is 0.280. The van der Waals surface area contributed by atoms with Crippen molar-refractivity contribution in [1.29, 1.82) is 0 Å². The van der Waals surface area contributed by atoms with Gasteiger partial charge in [0, 0.05) is 71.8 Å². The molecule has 1 fully saturated rings. The lowest BCUT2D eigenvalue weighted by Gasteiger charge is -2.15. The van der Waals surface area contributed by atoms with Crippen LogP contribution in [0.2, 0.25) is 0 Å². The molecular formula is C29H22F3N7. The van der Waals surface area contributed by atoms with Crippen molar-refractivity contribution in [2.24, 2.45) is 0 Å². The third-order valence-corrected chi connectivity index (χ3v) is 7.16. The summed E-state index contributed by atoms with van der Waals surface area (Å²) in [5, 5.41) is 9.25. The van der Waals surface area contributed by atoms with Crippen molar-refractivity contribution in [3.63, 3.8) is 0 Å². The lowest BCUT2D eigenvalue weighted by molar-refractivity contribution is 0.0115. The van der Waals surface area contributed by atoms with E-state index in [0.717, 1.165) is 55.5 Å². The molecule has 5 aromatic heterocycles. The van der Waals surface area contributed by atoms with Crippen LogP contribution >= 0.6 is 0 Å². The van der Waals surface area contributed by atoms with Gasteiger partial charge in [-0.25, -0.2) is 18.2 Å². The number of aromatic amines is 2. The lowest BCUT2D eigenvalue weighted by atomic mass is 10.0. The number of rotatable bonds is 5. The van der Waals surface area contributed by atoms with Gasteiger partial charge in [0.2, 0.25) is 0 Å². The van der Waals surface area contributed by atoms with Gasteiger partial charge in [0.05, 0.1) is 29.6 Å². The molecule has 39 heavy (non-hydrogen) atoms. The molecule has 1 aromatic carbocycles. The Bertz CT molecular complexity index is 1820. The topological polar surface area (TPSA) is 86.4 Å². The number of hydrogen-bond acceptors (Lipinski definition) is 5. The van der Waals surface area contributed by atoms with Gasteiger partial charge in [-0.1, -0.05) is 12.1 Å². The highest BCUT2D eigenvalue weighted by molar-refractivity contribution is 6.00. The van der Waals surface area contributed by atoms with Crippen LogP contribution in [0, 0.1) is 5.82 Å². The summed E-state index contributed by atoms with van der Waals surface area (Å²) >= 11 is 0. The van der Waals surface area contributed by atoms with Crippen LogP contribution in [-0.4, -0.2) is 54.0 Å². The highest BCUT2D eigenvalue weighted by Crippen LogP contribution is 2.34. The van der Waals surface area contributed by atoms with Gasteiger partial charge < -0.3 is 4.98 Å². The van der Waals surface area contributed by atoms with Gasteiger partial charge in [0.1, 0.15) is 5.82 Å². The Hall–Kier alpha value is -4.57. The van der Waals surface area contributed by atoms with E-state index in [0.29, 0.717) is 18.7 Å². The van der Waals surface area contributed by atoms with Crippen molar-refractivity contribution in [3.05, 3.63) is 84.8 Å². The standard InChI is InChI=1S/C29H22F3N7/c30-21-3-1-18(2-4-21)24-13-34-14-26-22(24)9-25(36-26)27-23-8-20(12-35-28(23)38-37-27)19-7-17(10-33-11-19)15-39-6-5-29(31,32)16-39/h1-4,7-14,36H,5-6,15-16H2,(H,35,37,38). The fourth-order valence-corrected chi connectivity index (χ4v) is 5.24. The van der Waals surface area contributed by atoms with E-state index >= 15 is 0 Å². The molecule has 6 heterocycles. The van der Waals surface area contributed by atoms with Crippen molar-refractivity contribution < 1.29 is 13.2 Å². The van der Waals surface area contributed by atoms with Crippen molar-refractivity contribution >= 4 is 21.9 Å². The van der Waals surface area contributed by atoms with Gasteiger partial charge >= 0.3 is 0 Å². The van der Waals surface area contributed by atoms with Crippen LogP contribution in [0.15, 0.2) is 73.4 Å². The Morgan fingerprint density at radius 3 is 2.51 bits per heavy atom. The van der Waals surface area contributed by atoms with Gasteiger partial charge in [0.25, 0.3) is 5.92 Å². The Morgan fingerprint density at radius 2 is 1.69 bits per heavy atom. The molecular weight excluding hydrogens is 503 g/mol. The number of hydrogen-bond donors (Lipinski definition) is 2. The summed E-state index contributed by atoms with van der Waals surface area (Å²) in [6, 6.07) is 12.3. The first-order valence-corrected chi connectivity index (χ1v) is 12.5. The molecule has 0 bridgehead atoms. The molecule has 10 heteroatoms. The zero-order valence-corrected chi connectivity index (χ0v) is 20.6. The Kier molecular flexibility index (Phi) is 5.44. The maximum atomic E-state index is 13.6. The minimum atomic E-state index is -2.63. The number of H-pyrrole nitrogens is 2. The third-order valence-electron chi connectivity index (χ3n) is 7.16. The van der Waals surface area contributed by atoms with E-state index in [2.05, 4.69) is 30.1 Å². The summed E-state index contributed by atoms with van der Waals surface area (Å²) in [5.74, 6) is -2.92. The molecule has 1 saturated heterocycles. The highest BCUT2D eigenvalue weighted by Gasteiger charge is 2.37. The highest BCUT2D eigenvalue weighted by atomic mass is 19.3. The van der Waals surface area contributed by atoms with Crippen LogP contribution in [0.5, 0.6) is 0 Å². The summed E-state index contributed by atoms with van der Waals surface area (Å²) in [7, 11) is 0. The molecule has 0 spiro atoms. The number of nitrogens with one attached hydrogen (secondary N) is 2. The Balaban J connectivity index is 1.24. The first-order valence-electron chi connectivity index (χ1n) is 12.5. The van der Waals surface area contributed by atoms with Gasteiger partial charge in [-0.2, -0.15) is 5.10 Å². The summed E-state index contributed by atoms with van der Waals surface area (Å²) in [4.78, 5) is 18.4. The fraction of sp³-hybridized carbons (Fsp3) is 0.172. The zero-order valence-electron chi connectivity index (χ0n) is 20.6. The average Bonchev–Trinajstić information content (AvgIpc) is 3.64. The van der Waals surface area contributed by atoms with E-state index in [1.54, 1.807) is 48.0 Å². The number of likely N-dealkylation sites (tertiary alicyclic amines) is 1. The molecule has 1 aliphatic heterocycles. The Morgan fingerprint density at radius 1 is 0.872 bits per heavy atom. The number of fused-ring (bicyclic) bond motifs is 2. The molecule has 0 amide bonds. The normalized spacial score (nSPS) is 15.5. The van der Waals surface area contributed by atoms with Crippen LogP contribution in [0.1, 0.15) is 12.0 Å². The lowest BCUT2D eigenvalue weighted by Crippen LogP contribution is -2.24. The number of alkyl halides is 2. The number of halogens is 3. The summed E-state index contributed by atoms with van der Waals surface area (Å²) in [6.07, 6.45) is 8.60. The van der Waals surface area contributed by atoms with Crippen LogP contribution < -0.4 is 0 Å². The molecule has 0 atom stereocenters. The molecule has 194 valence electrons. The van der Waals surface area contributed by atoms with Crippen LogP contribution in [0.4, 0.5) is 13.2 Å². The number of pyridine rings is 3. The largest absolute Gasteiger partial charge is 0.352 e. The molecule has 7 nitrogen and oxygen atoms in total. The maximum absolute atomic E-state index is 13.6. The van der Waals surface area contributed by atoms with Gasteiger partial charge in [-0.05, 0) is 41.5 Å². The van der Waals surface area contributed by atoms with Crippen molar-refractivity contribution in [2.45, 2.75) is 18.9 Å². The van der Waals surface area contributed by atoms with Crippen molar-refractivity contribution in [3.8, 4) is 33.6 Å². The van der Waals surface area contributed by atoms with Crippen LogP contribution in [0.25, 0.3) is 55.6 Å². The summed E-state index contributed by atoms with van der Waals surface area (Å²) in [6.45, 7) is 0.556. The average molecular weight is 526 g/mol. The predicted octanol–water partition coefficient (Wildman–Crippen LogP) is 6.21. The fourth-order valence-electron chi connectivity index (χ4n) is 5.24. The zero-order chi connectivity index (χ0) is 26.6. The first kappa shape index (κ1) is 23.5. The van der Waals surface area contributed by atoms with E-state index < -0.39 is 5.92 Å². The predicted molar refractivity (Wildman–Crippen MR) is 142 cm³/mol. The summed E-state index contributed by atoms with van der Waals surface area (Å²) < 4.78 is 40.7. The van der Waals surface area contributed by atoms with E-state index in [1.165, 1.54) is 12.1 Å². The number of nitrogens with zero attached hydrogens (tertiary/aromatic N) is 5. The molecule has 0 saturated carbocycles. The first-order chi connectivity index (χ1) is 18.9. The third kappa shape index (κ3) is 4.42. The maximum Gasteiger partial charge on any atom is 0.261 e. The summed E-state index contributed by atoms with van der Waals surface area (Å²) in [5.41, 5.74) is 7.29. The van der Waals surface area contributed by atoms with Crippen LogP contribution in [0.3, 0.4) is 0 Å². The minimum absolute atomic E-state index is 0.112. The molecule has 6 aromatic rings. The van der Waals surface area contributed by atoms with Gasteiger partial charge in [0.15, 0.2) is 5.65 Å². The molecule has 2 N–H and O–H groups in total. The van der Waals surface area contributed by atoms with Gasteiger partial charge in [-0.3, -0.25) is 20.0 Å². The van der Waals surface area contributed by atoms with Crippen LogP contribution in [-0.2, 0) is 6.54 Å². The van der Waals surface area contributed by atoms with Crippen molar-refractivity contribution in [2.75, 3.05) is 13.1 Å². The minimum Gasteiger partial charge on any atom is -0.352 e. The second-order valence-electron chi connectivity index (χ2n) is 9.93. The molecule has 1 aliphatic rings. The molecule has 0 radical (unpaired) electrons. The monoisotopic (exact) mass is 525 g/mol. The SMILES string of the molecule is Fc1ccc(-c2cncc3[nH]c(-c4[nH]nc5ncc(-c6cncc(CN7CCC(F)(F)C7)c6)cc45)cc23)cc1. The van der Waals surface area contributed by atoms with Gasteiger partial charge in [-0.15, -0.1) is 0 Å². The van der Waals surface area contributed by atoms with E-state index in [-0.39, 0.29) is 18.8 Å². The number of benzene rings is 1. The van der Waals surface area contributed by atoms with E-state index in [9.17, 15) is 13.2 Å². The Labute approximate surface area is 220 Å².